The first-order chi connectivity index (χ1) is 26.1. The Kier molecular flexibility index (Phi) is 9.36. The lowest BCUT2D eigenvalue weighted by Crippen LogP contribution is -2.52. The second-order valence-corrected chi connectivity index (χ2v) is 20.2. The standard InChI is InChI=1S/C43H47N3O7Si/c1-28-41(54(3,4)33-20-18-32(51-2)19-21-33)38(24-39(48)44-22-10-13-31(44)26-47)53-43(28)34-14-5-6-15-35(34)45(42(43)50)25-29-11-9-12-30(23-29)46-36-16-7-8-17-37(36)52-27-40(46)49/h5-9,11-12,14-21,23,28,31,38,41,47H,10,13,22,24-27H2,1-4H3/t28-,31+,38+,41-,43+/m1/s1. The number of nitrogens with zero attached hydrogens (tertiary/aromatic N) is 3. The van der Waals surface area contributed by atoms with Gasteiger partial charge in [-0.1, -0.05) is 79.8 Å². The van der Waals surface area contributed by atoms with Crippen LogP contribution < -0.4 is 24.5 Å². The Hall–Kier alpha value is -4.97. The molecule has 2 saturated heterocycles. The third kappa shape index (κ3) is 5.80. The third-order valence-corrected chi connectivity index (χ3v) is 16.6. The second-order valence-electron chi connectivity index (χ2n) is 15.5. The Balaban J connectivity index is 1.16. The van der Waals surface area contributed by atoms with Gasteiger partial charge in [0.1, 0.15) is 11.5 Å². The molecule has 0 unspecified atom stereocenters. The lowest BCUT2D eigenvalue weighted by Gasteiger charge is -2.37. The number of anilines is 3. The van der Waals surface area contributed by atoms with Crippen LogP contribution in [0.3, 0.4) is 0 Å². The van der Waals surface area contributed by atoms with Crippen molar-refractivity contribution in [2.75, 3.05) is 36.7 Å². The van der Waals surface area contributed by atoms with E-state index in [4.69, 9.17) is 14.2 Å². The number of benzene rings is 4. The van der Waals surface area contributed by atoms with Crippen LogP contribution in [0.1, 0.15) is 37.3 Å². The topological polar surface area (TPSA) is 109 Å². The Morgan fingerprint density at radius 2 is 1.70 bits per heavy atom. The van der Waals surface area contributed by atoms with Crippen molar-refractivity contribution in [2.24, 2.45) is 5.92 Å². The number of hydrogen-bond donors (Lipinski definition) is 1. The molecule has 4 aliphatic heterocycles. The highest BCUT2D eigenvalue weighted by Crippen LogP contribution is 2.60. The van der Waals surface area contributed by atoms with Crippen LogP contribution >= 0.6 is 0 Å². The molecule has 10 nitrogen and oxygen atoms in total. The van der Waals surface area contributed by atoms with E-state index in [0.717, 1.165) is 35.4 Å². The van der Waals surface area contributed by atoms with Gasteiger partial charge in [0.2, 0.25) is 5.91 Å². The summed E-state index contributed by atoms with van der Waals surface area (Å²) in [6.45, 7) is 7.49. The number of likely N-dealkylation sites (tertiary alicyclic amines) is 1. The summed E-state index contributed by atoms with van der Waals surface area (Å²) in [6, 6.07) is 31.0. The van der Waals surface area contributed by atoms with Crippen LogP contribution in [0.5, 0.6) is 11.5 Å². The summed E-state index contributed by atoms with van der Waals surface area (Å²) in [5, 5.41) is 11.3. The molecule has 0 aromatic heterocycles. The van der Waals surface area contributed by atoms with Crippen molar-refractivity contribution in [1.82, 2.24) is 4.90 Å². The molecular formula is C43H47N3O7Si. The minimum absolute atomic E-state index is 0.0445. The van der Waals surface area contributed by atoms with E-state index < -0.39 is 19.8 Å². The summed E-state index contributed by atoms with van der Waals surface area (Å²) in [5.41, 5.74) is 2.42. The fourth-order valence-corrected chi connectivity index (χ4v) is 13.6. The molecule has 4 aromatic rings. The van der Waals surface area contributed by atoms with Crippen LogP contribution in [0, 0.1) is 5.92 Å². The predicted molar refractivity (Wildman–Crippen MR) is 209 cm³/mol. The molecule has 2 fully saturated rings. The van der Waals surface area contributed by atoms with E-state index in [1.807, 2.05) is 89.8 Å². The van der Waals surface area contributed by atoms with E-state index >= 15 is 4.79 Å². The van der Waals surface area contributed by atoms with E-state index in [2.05, 4.69) is 32.2 Å². The molecule has 8 rings (SSSR count). The fourth-order valence-electron chi connectivity index (χ4n) is 9.63. The minimum atomic E-state index is -2.46. The number of aliphatic hydroxyl groups is 1. The zero-order chi connectivity index (χ0) is 37.8. The third-order valence-electron chi connectivity index (χ3n) is 12.2. The van der Waals surface area contributed by atoms with Crippen molar-refractivity contribution in [1.29, 1.82) is 0 Å². The monoisotopic (exact) mass is 745 g/mol. The van der Waals surface area contributed by atoms with Crippen LogP contribution in [-0.2, 0) is 31.3 Å². The van der Waals surface area contributed by atoms with Gasteiger partial charge in [0.25, 0.3) is 11.8 Å². The molecule has 0 radical (unpaired) electrons. The number of fused-ring (bicyclic) bond motifs is 3. The maximum atomic E-state index is 15.3. The summed E-state index contributed by atoms with van der Waals surface area (Å²) >= 11 is 0. The van der Waals surface area contributed by atoms with Crippen molar-refractivity contribution in [3.05, 3.63) is 108 Å². The lowest BCUT2D eigenvalue weighted by molar-refractivity contribution is -0.150. The Bertz CT molecular complexity index is 2090. The van der Waals surface area contributed by atoms with Crippen LogP contribution in [0.15, 0.2) is 97.1 Å². The first-order valence-electron chi connectivity index (χ1n) is 18.9. The Labute approximate surface area is 317 Å². The van der Waals surface area contributed by atoms with Crippen molar-refractivity contribution < 1.29 is 33.7 Å². The summed E-state index contributed by atoms with van der Waals surface area (Å²) in [7, 11) is -0.809. The van der Waals surface area contributed by atoms with Crippen molar-refractivity contribution in [3.63, 3.8) is 0 Å². The largest absolute Gasteiger partial charge is 0.497 e. The zero-order valence-electron chi connectivity index (χ0n) is 31.2. The predicted octanol–water partition coefficient (Wildman–Crippen LogP) is 5.89. The SMILES string of the molecule is COc1ccc([Si](C)(C)[C@H]2[C@H](CC(=O)N3CCC[C@H]3CO)O[C@@]3(C(=O)N(Cc4cccc(N5C(=O)COc6ccccc65)c4)c4ccccc43)[C@@H]2C)cc1. The first kappa shape index (κ1) is 36.0. The average Bonchev–Trinajstić information content (AvgIpc) is 3.85. The van der Waals surface area contributed by atoms with E-state index in [1.165, 1.54) is 5.19 Å². The molecule has 0 saturated carbocycles. The summed E-state index contributed by atoms with van der Waals surface area (Å²) < 4.78 is 18.4. The van der Waals surface area contributed by atoms with E-state index in [9.17, 15) is 14.7 Å². The number of methoxy groups -OCH3 is 1. The first-order valence-corrected chi connectivity index (χ1v) is 21.9. The molecule has 0 aliphatic carbocycles. The van der Waals surface area contributed by atoms with Crippen LogP contribution in [0.25, 0.3) is 0 Å². The Morgan fingerprint density at radius 3 is 2.46 bits per heavy atom. The molecule has 3 amide bonds. The number of aliphatic hydroxyl groups excluding tert-OH is 1. The molecule has 4 heterocycles. The van der Waals surface area contributed by atoms with Gasteiger partial charge in [0, 0.05) is 23.7 Å². The van der Waals surface area contributed by atoms with Crippen LogP contribution in [0.4, 0.5) is 17.1 Å². The highest BCUT2D eigenvalue weighted by atomic mass is 28.3. The van der Waals surface area contributed by atoms with Gasteiger partial charge in [-0.25, -0.2) is 0 Å². The fraction of sp³-hybridized carbons (Fsp3) is 0.372. The normalized spacial score (nSPS) is 24.9. The van der Waals surface area contributed by atoms with Gasteiger partial charge < -0.3 is 29.1 Å². The molecule has 0 bridgehead atoms. The molecule has 4 aliphatic rings. The number of para-hydroxylation sites is 3. The Morgan fingerprint density at radius 1 is 0.963 bits per heavy atom. The smallest absolute Gasteiger partial charge is 0.269 e. The molecule has 54 heavy (non-hydrogen) atoms. The number of rotatable bonds is 9. The van der Waals surface area contributed by atoms with Gasteiger partial charge >= 0.3 is 0 Å². The highest BCUT2D eigenvalue weighted by Gasteiger charge is 2.66. The molecule has 280 valence electrons. The highest BCUT2D eigenvalue weighted by molar-refractivity contribution is 6.91. The molecule has 1 N–H and O–H groups in total. The quantitative estimate of drug-likeness (QED) is 0.213. The van der Waals surface area contributed by atoms with E-state index in [-0.39, 0.29) is 61.4 Å². The molecule has 11 heteroatoms. The summed E-state index contributed by atoms with van der Waals surface area (Å²) in [4.78, 5) is 47.8. The van der Waals surface area contributed by atoms with Crippen LogP contribution in [-0.4, -0.2) is 74.8 Å². The van der Waals surface area contributed by atoms with Gasteiger partial charge in [0.05, 0.1) is 58.3 Å². The number of carbonyl (C=O) groups excluding carboxylic acids is 3. The van der Waals surface area contributed by atoms with Crippen molar-refractivity contribution in [2.45, 2.75) is 69.1 Å². The number of ether oxygens (including phenoxy) is 3. The van der Waals surface area contributed by atoms with Crippen molar-refractivity contribution >= 4 is 48.0 Å². The average molecular weight is 746 g/mol. The minimum Gasteiger partial charge on any atom is -0.497 e. The van der Waals surface area contributed by atoms with E-state index in [1.54, 1.807) is 16.9 Å². The molecule has 5 atom stereocenters. The maximum Gasteiger partial charge on any atom is 0.269 e. The van der Waals surface area contributed by atoms with E-state index in [0.29, 0.717) is 23.7 Å². The lowest BCUT2D eigenvalue weighted by atomic mass is 9.82. The molecule has 4 aromatic carbocycles. The summed E-state index contributed by atoms with van der Waals surface area (Å²) in [5.74, 6) is 0.781. The van der Waals surface area contributed by atoms with Gasteiger partial charge in [-0.05, 0) is 66.4 Å². The van der Waals surface area contributed by atoms with Gasteiger partial charge in [0.15, 0.2) is 12.2 Å². The molecule has 1 spiro atoms. The van der Waals surface area contributed by atoms with Crippen molar-refractivity contribution in [3.8, 4) is 11.5 Å². The number of carbonyl (C=O) groups is 3. The van der Waals surface area contributed by atoms with Crippen LogP contribution in [0.2, 0.25) is 18.6 Å². The maximum absolute atomic E-state index is 15.3. The number of hydrogen-bond acceptors (Lipinski definition) is 7. The molecular weight excluding hydrogens is 699 g/mol. The summed E-state index contributed by atoms with van der Waals surface area (Å²) in [6.07, 6.45) is 1.24. The second kappa shape index (κ2) is 14.0. The van der Waals surface area contributed by atoms with Gasteiger partial charge in [-0.15, -0.1) is 0 Å². The number of amides is 3. The van der Waals surface area contributed by atoms with Gasteiger partial charge in [-0.3, -0.25) is 19.3 Å². The zero-order valence-corrected chi connectivity index (χ0v) is 32.2. The van der Waals surface area contributed by atoms with Gasteiger partial charge in [-0.2, -0.15) is 0 Å².